The van der Waals surface area contributed by atoms with E-state index in [1.54, 1.807) is 0 Å². The van der Waals surface area contributed by atoms with Crippen molar-refractivity contribution in [2.75, 3.05) is 6.61 Å². The highest BCUT2D eigenvalue weighted by molar-refractivity contribution is 7.80. The van der Waals surface area contributed by atoms with Crippen molar-refractivity contribution in [3.8, 4) is 0 Å². The molecule has 0 aromatic carbocycles. The maximum absolute atomic E-state index is 5.22. The Bertz CT molecular complexity index is 232. The van der Waals surface area contributed by atoms with Gasteiger partial charge in [-0.1, -0.05) is 19.3 Å². The number of thiocarbonyl (C=S) groups is 1. The number of allylic oxidation sites excluding steroid dienone is 1. The van der Waals surface area contributed by atoms with Crippen molar-refractivity contribution in [1.82, 2.24) is 5.32 Å². The van der Waals surface area contributed by atoms with E-state index < -0.39 is 0 Å². The summed E-state index contributed by atoms with van der Waals surface area (Å²) in [5, 5.41) is 4.08. The van der Waals surface area contributed by atoms with Crippen LogP contribution in [0.1, 0.15) is 46.0 Å². The Morgan fingerprint density at radius 3 is 2.67 bits per heavy atom. The van der Waals surface area contributed by atoms with Gasteiger partial charge in [-0.05, 0) is 38.9 Å². The minimum atomic E-state index is 0.582. The zero-order valence-electron chi connectivity index (χ0n) is 9.71. The fraction of sp³-hybridized carbons (Fsp3) is 0.750. The van der Waals surface area contributed by atoms with E-state index in [0.29, 0.717) is 17.7 Å². The molecule has 0 aromatic rings. The van der Waals surface area contributed by atoms with E-state index in [-0.39, 0.29) is 0 Å². The standard InChI is InChI=1S/C12H21NOS/c1-3-14-12(15)9-10(2)13-11-7-5-4-6-8-11/h9,11,13H,3-8H2,1-2H3/b10-9-. The molecule has 1 aliphatic rings. The normalized spacial score (nSPS) is 18.7. The third-order valence-corrected chi connectivity index (χ3v) is 2.89. The number of rotatable bonds is 4. The molecule has 0 amide bonds. The quantitative estimate of drug-likeness (QED) is 0.589. The summed E-state index contributed by atoms with van der Waals surface area (Å²) < 4.78 is 5.22. The third kappa shape index (κ3) is 5.17. The fourth-order valence-electron chi connectivity index (χ4n) is 1.97. The van der Waals surface area contributed by atoms with Gasteiger partial charge in [-0.2, -0.15) is 0 Å². The molecule has 0 atom stereocenters. The van der Waals surface area contributed by atoms with E-state index in [1.807, 2.05) is 13.0 Å². The van der Waals surface area contributed by atoms with Crippen LogP contribution in [0.4, 0.5) is 0 Å². The first-order chi connectivity index (χ1) is 7.22. The van der Waals surface area contributed by atoms with Crippen LogP contribution in [0.2, 0.25) is 0 Å². The molecule has 15 heavy (non-hydrogen) atoms. The molecule has 1 N–H and O–H groups in total. The molecule has 0 heterocycles. The lowest BCUT2D eigenvalue weighted by atomic mass is 9.95. The van der Waals surface area contributed by atoms with Crippen LogP contribution in [0.5, 0.6) is 0 Å². The van der Waals surface area contributed by atoms with E-state index in [4.69, 9.17) is 17.0 Å². The average molecular weight is 227 g/mol. The Morgan fingerprint density at radius 1 is 1.40 bits per heavy atom. The zero-order chi connectivity index (χ0) is 11.1. The van der Waals surface area contributed by atoms with E-state index in [2.05, 4.69) is 12.2 Å². The van der Waals surface area contributed by atoms with Gasteiger partial charge in [-0.3, -0.25) is 0 Å². The van der Waals surface area contributed by atoms with Crippen LogP contribution in [-0.4, -0.2) is 17.7 Å². The van der Waals surface area contributed by atoms with Crippen LogP contribution < -0.4 is 5.32 Å². The molecule has 1 fully saturated rings. The number of ether oxygens (including phenoxy) is 1. The van der Waals surface area contributed by atoms with E-state index in [1.165, 1.54) is 32.1 Å². The van der Waals surface area contributed by atoms with Gasteiger partial charge in [0.05, 0.1) is 6.61 Å². The lowest BCUT2D eigenvalue weighted by molar-refractivity contribution is 0.338. The number of nitrogens with one attached hydrogen (secondary N) is 1. The first-order valence-electron chi connectivity index (χ1n) is 5.84. The predicted molar refractivity (Wildman–Crippen MR) is 68.0 cm³/mol. The molecule has 0 bridgehead atoms. The molecule has 0 unspecified atom stereocenters. The maximum Gasteiger partial charge on any atom is 0.185 e. The molecule has 1 aliphatic carbocycles. The first-order valence-corrected chi connectivity index (χ1v) is 6.24. The Kier molecular flexibility index (Phi) is 5.69. The van der Waals surface area contributed by atoms with Gasteiger partial charge in [0, 0.05) is 17.8 Å². The summed E-state index contributed by atoms with van der Waals surface area (Å²) in [5.74, 6) is 0. The molecule has 0 aliphatic heterocycles. The minimum Gasteiger partial charge on any atom is -0.484 e. The zero-order valence-corrected chi connectivity index (χ0v) is 10.5. The number of hydrogen-bond acceptors (Lipinski definition) is 3. The molecule has 1 saturated carbocycles. The Labute approximate surface area is 98.1 Å². The molecule has 0 aromatic heterocycles. The van der Waals surface area contributed by atoms with Crippen molar-refractivity contribution in [3.63, 3.8) is 0 Å². The van der Waals surface area contributed by atoms with Crippen LogP contribution in [0, 0.1) is 0 Å². The van der Waals surface area contributed by atoms with Gasteiger partial charge in [0.2, 0.25) is 0 Å². The Morgan fingerprint density at radius 2 is 2.07 bits per heavy atom. The average Bonchev–Trinajstić information content (AvgIpc) is 2.19. The van der Waals surface area contributed by atoms with Gasteiger partial charge < -0.3 is 10.1 Å². The van der Waals surface area contributed by atoms with Gasteiger partial charge >= 0.3 is 0 Å². The van der Waals surface area contributed by atoms with Crippen LogP contribution in [0.3, 0.4) is 0 Å². The third-order valence-electron chi connectivity index (χ3n) is 2.66. The Hall–Kier alpha value is -0.570. The summed E-state index contributed by atoms with van der Waals surface area (Å²) in [6.07, 6.45) is 8.56. The van der Waals surface area contributed by atoms with Crippen molar-refractivity contribution < 1.29 is 4.74 Å². The van der Waals surface area contributed by atoms with Crippen LogP contribution in [0.15, 0.2) is 11.8 Å². The van der Waals surface area contributed by atoms with Gasteiger partial charge in [0.1, 0.15) is 0 Å². The predicted octanol–water partition coefficient (Wildman–Crippen LogP) is 3.18. The number of hydrogen-bond donors (Lipinski definition) is 1. The highest BCUT2D eigenvalue weighted by Crippen LogP contribution is 2.18. The van der Waals surface area contributed by atoms with Gasteiger partial charge in [-0.15, -0.1) is 0 Å². The summed E-state index contributed by atoms with van der Waals surface area (Å²) in [4.78, 5) is 0. The van der Waals surface area contributed by atoms with E-state index in [0.717, 1.165) is 5.70 Å². The summed E-state index contributed by atoms with van der Waals surface area (Å²) >= 11 is 5.06. The molecule has 0 saturated heterocycles. The molecular formula is C12H21NOS. The van der Waals surface area contributed by atoms with Crippen molar-refractivity contribution in [2.45, 2.75) is 52.0 Å². The second-order valence-electron chi connectivity index (χ2n) is 4.06. The summed E-state index contributed by atoms with van der Waals surface area (Å²) in [5.41, 5.74) is 1.13. The van der Waals surface area contributed by atoms with Crippen molar-refractivity contribution in [1.29, 1.82) is 0 Å². The van der Waals surface area contributed by atoms with E-state index in [9.17, 15) is 0 Å². The molecule has 0 spiro atoms. The topological polar surface area (TPSA) is 21.3 Å². The van der Waals surface area contributed by atoms with E-state index >= 15 is 0 Å². The summed E-state index contributed by atoms with van der Waals surface area (Å²) in [6.45, 7) is 4.65. The SMILES string of the molecule is CCOC(=S)/C=C(/C)NC1CCCCC1. The van der Waals surface area contributed by atoms with Crippen molar-refractivity contribution in [2.24, 2.45) is 0 Å². The molecule has 1 rings (SSSR count). The van der Waals surface area contributed by atoms with Crippen LogP contribution in [0.25, 0.3) is 0 Å². The monoisotopic (exact) mass is 227 g/mol. The second kappa shape index (κ2) is 6.83. The highest BCUT2D eigenvalue weighted by Gasteiger charge is 2.12. The van der Waals surface area contributed by atoms with Crippen LogP contribution >= 0.6 is 12.2 Å². The summed E-state index contributed by atoms with van der Waals surface area (Å²) in [7, 11) is 0. The molecule has 2 nitrogen and oxygen atoms in total. The van der Waals surface area contributed by atoms with Gasteiger partial charge in [-0.25, -0.2) is 0 Å². The maximum atomic E-state index is 5.22. The highest BCUT2D eigenvalue weighted by atomic mass is 32.1. The van der Waals surface area contributed by atoms with Crippen molar-refractivity contribution in [3.05, 3.63) is 11.8 Å². The smallest absolute Gasteiger partial charge is 0.185 e. The molecule has 86 valence electrons. The summed E-state index contributed by atoms with van der Waals surface area (Å²) in [6, 6.07) is 0.638. The Balaban J connectivity index is 2.32. The lowest BCUT2D eigenvalue weighted by Gasteiger charge is -2.24. The molecule has 0 radical (unpaired) electrons. The second-order valence-corrected chi connectivity index (χ2v) is 4.46. The van der Waals surface area contributed by atoms with Crippen molar-refractivity contribution >= 4 is 17.3 Å². The largest absolute Gasteiger partial charge is 0.484 e. The minimum absolute atomic E-state index is 0.582. The molecular weight excluding hydrogens is 206 g/mol. The van der Waals surface area contributed by atoms with Crippen LogP contribution in [-0.2, 0) is 4.74 Å². The molecule has 3 heteroatoms. The van der Waals surface area contributed by atoms with Gasteiger partial charge in [0.25, 0.3) is 0 Å². The van der Waals surface area contributed by atoms with Gasteiger partial charge in [0.15, 0.2) is 5.05 Å². The lowest BCUT2D eigenvalue weighted by Crippen LogP contribution is -2.29. The first kappa shape index (κ1) is 12.5. The fourth-order valence-corrected chi connectivity index (χ4v) is 2.27.